The number of carbonyl (C=O) groups excluding carboxylic acids is 1. The molecule has 2 saturated heterocycles. The number of morpholine rings is 1. The zero-order valence-electron chi connectivity index (χ0n) is 35.1. The monoisotopic (exact) mass is 802 g/mol. The van der Waals surface area contributed by atoms with E-state index in [4.69, 9.17) is 33.2 Å². The molecule has 58 heavy (non-hydrogen) atoms. The minimum atomic E-state index is -1.69. The standard InChI is InChI=1S/C46H62N2O10/c1-7-36(32-15-11-16-35(27-32)58-26-23-47-21-24-57-25-22-47)46(45(50)51)37(33-18-19-38(52-2)39(28-33)53-3)17-12-20-48(46)44(49)42(31-13-9-8-10-14-31)34-29-40(54-4)43(56-6)41(30-34)55-5/h11,15-16,18-19,27-31,36-37,42H,7-10,12-14,17,20-26H2,1-6H3,(H,50,51). The third kappa shape index (κ3) is 8.69. The highest BCUT2D eigenvalue weighted by Crippen LogP contribution is 2.54. The highest BCUT2D eigenvalue weighted by atomic mass is 16.5. The summed E-state index contributed by atoms with van der Waals surface area (Å²) in [5.74, 6) is -0.0530. The quantitative estimate of drug-likeness (QED) is 0.146. The molecule has 12 heteroatoms. The number of hydrogen-bond acceptors (Lipinski definition) is 10. The Morgan fingerprint density at radius 2 is 1.47 bits per heavy atom. The second kappa shape index (κ2) is 19.8. The fraction of sp³-hybridized carbons (Fsp3) is 0.565. The number of methoxy groups -OCH3 is 5. The lowest BCUT2D eigenvalue weighted by Crippen LogP contribution is -2.67. The molecule has 12 nitrogen and oxygen atoms in total. The fourth-order valence-corrected chi connectivity index (χ4v) is 9.95. The molecule has 1 aliphatic carbocycles. The number of amides is 1. The van der Waals surface area contributed by atoms with Crippen molar-refractivity contribution >= 4 is 11.9 Å². The van der Waals surface area contributed by atoms with Gasteiger partial charge in [0.05, 0.1) is 54.7 Å². The van der Waals surface area contributed by atoms with Gasteiger partial charge in [-0.05, 0) is 91.1 Å². The Morgan fingerprint density at radius 1 is 0.776 bits per heavy atom. The van der Waals surface area contributed by atoms with Crippen molar-refractivity contribution in [3.05, 3.63) is 71.3 Å². The van der Waals surface area contributed by atoms with Gasteiger partial charge in [0.2, 0.25) is 11.7 Å². The van der Waals surface area contributed by atoms with E-state index >= 15 is 4.79 Å². The maximum atomic E-state index is 15.9. The Morgan fingerprint density at radius 3 is 2.09 bits per heavy atom. The van der Waals surface area contributed by atoms with Gasteiger partial charge in [-0.1, -0.05) is 44.4 Å². The first-order valence-electron chi connectivity index (χ1n) is 20.8. The van der Waals surface area contributed by atoms with Crippen LogP contribution in [0.4, 0.5) is 0 Å². The van der Waals surface area contributed by atoms with Crippen LogP contribution in [0.3, 0.4) is 0 Å². The molecule has 1 amide bonds. The maximum absolute atomic E-state index is 15.9. The van der Waals surface area contributed by atoms with Crippen molar-refractivity contribution in [2.75, 3.05) is 81.5 Å². The second-order valence-corrected chi connectivity index (χ2v) is 15.6. The number of hydrogen-bond donors (Lipinski definition) is 1. The normalized spacial score (nSPS) is 21.4. The SMILES string of the molecule is CCC(c1cccc(OCCN2CCOCC2)c1)C1(C(=O)O)C(c2ccc(OC)c(OC)c2)CCCN1C(=O)C(c1cc(OC)c(OC)c(OC)c1)C1CCCCC1. The number of benzene rings is 3. The molecule has 1 N–H and O–H groups in total. The van der Waals surface area contributed by atoms with Crippen molar-refractivity contribution in [3.63, 3.8) is 0 Å². The molecule has 4 atom stereocenters. The molecule has 0 bridgehead atoms. The van der Waals surface area contributed by atoms with Crippen molar-refractivity contribution in [1.82, 2.24) is 9.80 Å². The summed E-state index contributed by atoms with van der Waals surface area (Å²) in [5, 5.41) is 12.0. The zero-order valence-corrected chi connectivity index (χ0v) is 35.1. The van der Waals surface area contributed by atoms with Crippen LogP contribution in [0.25, 0.3) is 0 Å². The number of carboxylic acid groups (broad SMARTS) is 1. The topological polar surface area (TPSA) is 125 Å². The van der Waals surface area contributed by atoms with Crippen LogP contribution in [0.1, 0.15) is 92.7 Å². The summed E-state index contributed by atoms with van der Waals surface area (Å²) in [5.41, 5.74) is 0.614. The molecule has 3 aliphatic rings. The first kappa shape index (κ1) is 42.9. The van der Waals surface area contributed by atoms with Gasteiger partial charge in [-0.2, -0.15) is 0 Å². The lowest BCUT2D eigenvalue weighted by Gasteiger charge is -2.54. The van der Waals surface area contributed by atoms with Crippen molar-refractivity contribution in [2.45, 2.75) is 81.6 Å². The third-order valence-corrected chi connectivity index (χ3v) is 12.7. The van der Waals surface area contributed by atoms with Gasteiger partial charge in [-0.15, -0.1) is 0 Å². The maximum Gasteiger partial charge on any atom is 0.330 e. The Labute approximate surface area is 343 Å². The van der Waals surface area contributed by atoms with Crippen LogP contribution in [0, 0.1) is 5.92 Å². The average molecular weight is 803 g/mol. The van der Waals surface area contributed by atoms with Crippen LogP contribution in [0.5, 0.6) is 34.5 Å². The van der Waals surface area contributed by atoms with Gasteiger partial charge in [0.1, 0.15) is 12.4 Å². The van der Waals surface area contributed by atoms with Crippen molar-refractivity contribution in [2.24, 2.45) is 5.92 Å². The molecule has 2 heterocycles. The summed E-state index contributed by atoms with van der Waals surface area (Å²) < 4.78 is 40.5. The number of piperidine rings is 1. The number of rotatable bonds is 17. The van der Waals surface area contributed by atoms with Crippen molar-refractivity contribution in [1.29, 1.82) is 0 Å². The molecule has 316 valence electrons. The molecular formula is C46H62N2O10. The molecule has 0 aromatic heterocycles. The van der Waals surface area contributed by atoms with E-state index in [2.05, 4.69) is 4.90 Å². The van der Waals surface area contributed by atoms with Crippen LogP contribution < -0.4 is 28.4 Å². The van der Waals surface area contributed by atoms with Gasteiger partial charge in [0.25, 0.3) is 0 Å². The average Bonchev–Trinajstić information content (AvgIpc) is 3.26. The van der Waals surface area contributed by atoms with E-state index in [1.54, 1.807) is 40.4 Å². The number of likely N-dealkylation sites (tertiary alicyclic amines) is 1. The Hall–Kier alpha value is -4.68. The Kier molecular flexibility index (Phi) is 14.7. The minimum absolute atomic E-state index is 0.0136. The molecule has 3 aromatic carbocycles. The molecule has 0 radical (unpaired) electrons. The van der Waals surface area contributed by atoms with Crippen LogP contribution in [-0.2, 0) is 14.3 Å². The number of nitrogens with zero attached hydrogens (tertiary/aromatic N) is 2. The van der Waals surface area contributed by atoms with Crippen LogP contribution >= 0.6 is 0 Å². The smallest absolute Gasteiger partial charge is 0.330 e. The van der Waals surface area contributed by atoms with E-state index in [0.717, 1.165) is 68.4 Å². The third-order valence-electron chi connectivity index (χ3n) is 12.7. The predicted octanol–water partition coefficient (Wildman–Crippen LogP) is 7.53. The fourth-order valence-electron chi connectivity index (χ4n) is 9.95. The summed E-state index contributed by atoms with van der Waals surface area (Å²) in [6.07, 6.45) is 6.40. The Balaban J connectivity index is 1.51. The molecule has 3 aromatic rings. The predicted molar refractivity (Wildman–Crippen MR) is 221 cm³/mol. The number of carbonyl (C=O) groups is 2. The van der Waals surface area contributed by atoms with Crippen LogP contribution in [0.15, 0.2) is 54.6 Å². The molecule has 1 saturated carbocycles. The van der Waals surface area contributed by atoms with E-state index in [0.29, 0.717) is 73.6 Å². The molecule has 3 fully saturated rings. The van der Waals surface area contributed by atoms with Gasteiger partial charge in [-0.3, -0.25) is 9.69 Å². The van der Waals surface area contributed by atoms with Gasteiger partial charge in [0, 0.05) is 38.0 Å². The van der Waals surface area contributed by atoms with Gasteiger partial charge in [0.15, 0.2) is 28.5 Å². The highest BCUT2D eigenvalue weighted by molar-refractivity contribution is 5.93. The molecule has 0 spiro atoms. The lowest BCUT2D eigenvalue weighted by atomic mass is 9.62. The van der Waals surface area contributed by atoms with Gasteiger partial charge < -0.3 is 43.2 Å². The number of carboxylic acids is 1. The first-order valence-corrected chi connectivity index (χ1v) is 20.8. The van der Waals surface area contributed by atoms with E-state index in [9.17, 15) is 9.90 Å². The lowest BCUT2D eigenvalue weighted by molar-refractivity contribution is -0.168. The van der Waals surface area contributed by atoms with Crippen LogP contribution in [-0.4, -0.2) is 114 Å². The highest BCUT2D eigenvalue weighted by Gasteiger charge is 2.60. The number of ether oxygens (including phenoxy) is 7. The second-order valence-electron chi connectivity index (χ2n) is 15.6. The summed E-state index contributed by atoms with van der Waals surface area (Å²) in [6, 6.07) is 17.2. The van der Waals surface area contributed by atoms with Gasteiger partial charge in [-0.25, -0.2) is 4.79 Å². The van der Waals surface area contributed by atoms with E-state index < -0.39 is 29.3 Å². The first-order chi connectivity index (χ1) is 28.2. The summed E-state index contributed by atoms with van der Waals surface area (Å²) >= 11 is 0. The summed E-state index contributed by atoms with van der Waals surface area (Å²) in [6.45, 7) is 6.70. The van der Waals surface area contributed by atoms with Crippen molar-refractivity contribution in [3.8, 4) is 34.5 Å². The van der Waals surface area contributed by atoms with Gasteiger partial charge >= 0.3 is 5.97 Å². The molecule has 4 unspecified atom stereocenters. The van der Waals surface area contributed by atoms with Crippen molar-refractivity contribution < 1.29 is 47.9 Å². The molecule has 2 aliphatic heterocycles. The van der Waals surface area contributed by atoms with E-state index in [1.807, 2.05) is 61.5 Å². The van der Waals surface area contributed by atoms with E-state index in [-0.39, 0.29) is 18.4 Å². The largest absolute Gasteiger partial charge is 0.493 e. The molecular weight excluding hydrogens is 741 g/mol. The van der Waals surface area contributed by atoms with Crippen LogP contribution in [0.2, 0.25) is 0 Å². The minimum Gasteiger partial charge on any atom is -0.493 e. The molecule has 6 rings (SSSR count). The zero-order chi connectivity index (χ0) is 41.2. The van der Waals surface area contributed by atoms with E-state index in [1.165, 1.54) is 0 Å². The Bertz CT molecular complexity index is 1820. The summed E-state index contributed by atoms with van der Waals surface area (Å²) in [7, 11) is 7.85. The summed E-state index contributed by atoms with van der Waals surface area (Å²) in [4.78, 5) is 34.7. The number of aliphatic carboxylic acids is 1.